The summed E-state index contributed by atoms with van der Waals surface area (Å²) in [6.07, 6.45) is -2.93. The van der Waals surface area contributed by atoms with E-state index in [-0.39, 0.29) is 11.4 Å². The average Bonchev–Trinajstić information content (AvgIpc) is 2.38. The van der Waals surface area contributed by atoms with Crippen molar-refractivity contribution < 1.29 is 13.2 Å². The Morgan fingerprint density at radius 2 is 1.70 bits per heavy atom. The quantitative estimate of drug-likeness (QED) is 0.727. The van der Waals surface area contributed by atoms with Crippen LogP contribution in [0.15, 0.2) is 18.3 Å². The molecule has 0 radical (unpaired) electrons. The van der Waals surface area contributed by atoms with Gasteiger partial charge in [-0.05, 0) is 30.5 Å². The Kier molecular flexibility index (Phi) is 5.09. The largest absolute Gasteiger partial charge is 0.418 e. The molecule has 0 bridgehead atoms. The molecule has 0 fully saturated rings. The van der Waals surface area contributed by atoms with Crippen LogP contribution in [0.2, 0.25) is 0 Å². The maximum absolute atomic E-state index is 13.0. The van der Waals surface area contributed by atoms with Gasteiger partial charge in [0.2, 0.25) is 0 Å². The van der Waals surface area contributed by atoms with Crippen LogP contribution >= 0.6 is 0 Å². The molecule has 2 aromatic rings. The van der Waals surface area contributed by atoms with Crippen molar-refractivity contribution >= 4 is 11.0 Å². The standard InChI is InChI=1S/C13H13F3N2.C2H6/c1-7(2)9-4-10(13(14,15)16)12-11(5-9)17-6-8(3)18-12;1-2/h4-7H,1-3H3;1-2H3. The fourth-order valence-electron chi connectivity index (χ4n) is 1.77. The smallest absolute Gasteiger partial charge is 0.253 e. The number of hydrogen-bond acceptors (Lipinski definition) is 2. The van der Waals surface area contributed by atoms with Crippen molar-refractivity contribution in [2.24, 2.45) is 0 Å². The second-order valence-corrected chi connectivity index (χ2v) is 4.60. The van der Waals surface area contributed by atoms with Crippen LogP contribution in [0.1, 0.15) is 50.4 Å². The molecule has 0 aliphatic carbocycles. The summed E-state index contributed by atoms with van der Waals surface area (Å²) < 4.78 is 39.1. The molecule has 0 saturated heterocycles. The van der Waals surface area contributed by atoms with E-state index >= 15 is 0 Å². The zero-order valence-electron chi connectivity index (χ0n) is 12.3. The van der Waals surface area contributed by atoms with Crippen LogP contribution in [-0.2, 0) is 6.18 Å². The van der Waals surface area contributed by atoms with Gasteiger partial charge in [0.25, 0.3) is 0 Å². The van der Waals surface area contributed by atoms with Gasteiger partial charge in [0.1, 0.15) is 5.52 Å². The molecule has 110 valence electrons. The third-order valence-electron chi connectivity index (χ3n) is 2.76. The highest BCUT2D eigenvalue weighted by Gasteiger charge is 2.34. The van der Waals surface area contributed by atoms with E-state index in [1.165, 1.54) is 12.3 Å². The molecule has 0 spiro atoms. The molecule has 0 aliphatic rings. The van der Waals surface area contributed by atoms with Crippen LogP contribution in [0.5, 0.6) is 0 Å². The van der Waals surface area contributed by atoms with E-state index in [2.05, 4.69) is 9.97 Å². The Bertz CT molecular complexity index is 589. The van der Waals surface area contributed by atoms with E-state index in [0.29, 0.717) is 16.8 Å². The number of aryl methyl sites for hydroxylation is 1. The highest BCUT2D eigenvalue weighted by atomic mass is 19.4. The number of nitrogens with zero attached hydrogens (tertiary/aromatic N) is 2. The second-order valence-electron chi connectivity index (χ2n) is 4.60. The van der Waals surface area contributed by atoms with Crippen molar-refractivity contribution in [2.75, 3.05) is 0 Å². The Morgan fingerprint density at radius 1 is 1.10 bits per heavy atom. The zero-order chi connectivity index (χ0) is 15.5. The number of rotatable bonds is 1. The molecular weight excluding hydrogens is 265 g/mol. The Balaban J connectivity index is 0.000000956. The molecule has 1 aromatic carbocycles. The van der Waals surface area contributed by atoms with Gasteiger partial charge in [0.15, 0.2) is 0 Å². The molecular formula is C15H19F3N2. The van der Waals surface area contributed by atoms with Crippen LogP contribution in [0.25, 0.3) is 11.0 Å². The Hall–Kier alpha value is -1.65. The minimum atomic E-state index is -4.41. The molecule has 1 heterocycles. The van der Waals surface area contributed by atoms with E-state index < -0.39 is 11.7 Å². The van der Waals surface area contributed by atoms with Crippen LogP contribution in [0.3, 0.4) is 0 Å². The summed E-state index contributed by atoms with van der Waals surface area (Å²) in [7, 11) is 0. The van der Waals surface area contributed by atoms with E-state index in [0.717, 1.165) is 0 Å². The van der Waals surface area contributed by atoms with Crippen molar-refractivity contribution in [1.82, 2.24) is 9.97 Å². The number of benzene rings is 1. The van der Waals surface area contributed by atoms with Gasteiger partial charge in [-0.25, -0.2) is 4.98 Å². The van der Waals surface area contributed by atoms with Crippen molar-refractivity contribution in [3.05, 3.63) is 35.2 Å². The Labute approximate surface area is 117 Å². The summed E-state index contributed by atoms with van der Waals surface area (Å²) in [6, 6.07) is 2.84. The average molecular weight is 284 g/mol. The third-order valence-corrected chi connectivity index (χ3v) is 2.76. The zero-order valence-corrected chi connectivity index (χ0v) is 12.3. The molecule has 20 heavy (non-hydrogen) atoms. The first-order valence-electron chi connectivity index (χ1n) is 6.63. The number of halogens is 3. The lowest BCUT2D eigenvalue weighted by Crippen LogP contribution is -2.09. The number of fused-ring (bicyclic) bond motifs is 1. The maximum Gasteiger partial charge on any atom is 0.418 e. The lowest BCUT2D eigenvalue weighted by Gasteiger charge is -2.14. The summed E-state index contributed by atoms with van der Waals surface area (Å²) in [5.41, 5.74) is 0.601. The summed E-state index contributed by atoms with van der Waals surface area (Å²) >= 11 is 0. The van der Waals surface area contributed by atoms with E-state index in [1.54, 1.807) is 13.0 Å². The van der Waals surface area contributed by atoms with E-state index in [1.807, 2.05) is 27.7 Å². The lowest BCUT2D eigenvalue weighted by atomic mass is 9.99. The molecule has 0 saturated carbocycles. The van der Waals surface area contributed by atoms with Gasteiger partial charge >= 0.3 is 6.18 Å². The van der Waals surface area contributed by atoms with E-state index in [9.17, 15) is 13.2 Å². The minimum absolute atomic E-state index is 0.0126. The number of alkyl halides is 3. The van der Waals surface area contributed by atoms with Gasteiger partial charge in [-0.3, -0.25) is 4.98 Å². The Morgan fingerprint density at radius 3 is 2.20 bits per heavy atom. The summed E-state index contributed by atoms with van der Waals surface area (Å²) in [4.78, 5) is 8.00. The first-order chi connectivity index (χ1) is 9.29. The summed E-state index contributed by atoms with van der Waals surface area (Å²) in [5, 5.41) is 0. The van der Waals surface area contributed by atoms with Crippen molar-refractivity contribution in [2.45, 2.75) is 46.7 Å². The topological polar surface area (TPSA) is 25.8 Å². The fraction of sp³-hybridized carbons (Fsp3) is 0.467. The second kappa shape index (κ2) is 6.20. The van der Waals surface area contributed by atoms with Crippen LogP contribution < -0.4 is 0 Å². The molecule has 2 rings (SSSR count). The van der Waals surface area contributed by atoms with Crippen molar-refractivity contribution in [3.8, 4) is 0 Å². The number of hydrogen-bond donors (Lipinski definition) is 0. The molecule has 0 aliphatic heterocycles. The van der Waals surface area contributed by atoms with Gasteiger partial charge < -0.3 is 0 Å². The van der Waals surface area contributed by atoms with E-state index in [4.69, 9.17) is 0 Å². The first-order valence-corrected chi connectivity index (χ1v) is 6.63. The van der Waals surface area contributed by atoms with Crippen molar-refractivity contribution in [3.63, 3.8) is 0 Å². The minimum Gasteiger partial charge on any atom is -0.253 e. The molecule has 0 unspecified atom stereocenters. The van der Waals surface area contributed by atoms with Crippen LogP contribution in [0.4, 0.5) is 13.2 Å². The normalized spacial score (nSPS) is 11.4. The third kappa shape index (κ3) is 3.46. The highest BCUT2D eigenvalue weighted by molar-refractivity contribution is 5.79. The SMILES string of the molecule is CC.Cc1cnc2cc(C(C)C)cc(C(F)(F)F)c2n1. The molecule has 5 heteroatoms. The van der Waals surface area contributed by atoms with Gasteiger partial charge in [-0.2, -0.15) is 13.2 Å². The molecule has 0 amide bonds. The molecule has 2 nitrogen and oxygen atoms in total. The van der Waals surface area contributed by atoms with Gasteiger partial charge in [0.05, 0.1) is 16.8 Å². The van der Waals surface area contributed by atoms with Gasteiger partial charge in [0, 0.05) is 6.20 Å². The molecule has 1 aromatic heterocycles. The molecule has 0 N–H and O–H groups in total. The summed E-state index contributed by atoms with van der Waals surface area (Å²) in [6.45, 7) is 9.33. The predicted octanol–water partition coefficient (Wildman–Crippen LogP) is 5.11. The van der Waals surface area contributed by atoms with Gasteiger partial charge in [-0.1, -0.05) is 27.7 Å². The number of aromatic nitrogens is 2. The lowest BCUT2D eigenvalue weighted by molar-refractivity contribution is -0.136. The monoisotopic (exact) mass is 284 g/mol. The predicted molar refractivity (Wildman–Crippen MR) is 74.7 cm³/mol. The first kappa shape index (κ1) is 16.4. The van der Waals surface area contributed by atoms with Crippen molar-refractivity contribution in [1.29, 1.82) is 0 Å². The highest BCUT2D eigenvalue weighted by Crippen LogP contribution is 2.35. The maximum atomic E-state index is 13.0. The summed E-state index contributed by atoms with van der Waals surface area (Å²) in [5.74, 6) is 0.0126. The van der Waals surface area contributed by atoms with Crippen LogP contribution in [-0.4, -0.2) is 9.97 Å². The van der Waals surface area contributed by atoms with Crippen LogP contribution in [0, 0.1) is 6.92 Å². The fourth-order valence-corrected chi connectivity index (χ4v) is 1.77. The molecule has 0 atom stereocenters. The van der Waals surface area contributed by atoms with Gasteiger partial charge in [-0.15, -0.1) is 0 Å².